The highest BCUT2D eigenvalue weighted by Crippen LogP contribution is 2.79. The van der Waals surface area contributed by atoms with Crippen LogP contribution >= 0.6 is 12.2 Å². The summed E-state index contributed by atoms with van der Waals surface area (Å²) in [4.78, 5) is 28.0. The molecular formula is C31H37FN2O4S. The Hall–Kier alpha value is -2.42. The Balaban J connectivity index is 1.40. The third kappa shape index (κ3) is 3.17. The van der Waals surface area contributed by atoms with E-state index in [2.05, 4.69) is 12.2 Å². The van der Waals surface area contributed by atoms with Gasteiger partial charge in [-0.05, 0) is 85.9 Å². The molecule has 1 aromatic carbocycles. The molecule has 0 aromatic heterocycles. The first kappa shape index (κ1) is 26.8. The number of Topliss-reactive ketones (excluding diaryl/α,β-unsaturated/α-hetero) is 1. The molecule has 0 radical (unpaired) electrons. The van der Waals surface area contributed by atoms with E-state index in [0.29, 0.717) is 37.5 Å². The summed E-state index contributed by atoms with van der Waals surface area (Å²) >= 11 is 5.77. The summed E-state index contributed by atoms with van der Waals surface area (Å²) in [7, 11) is 0. The molecule has 6 rings (SSSR count). The van der Waals surface area contributed by atoms with Crippen LogP contribution in [0.4, 0.5) is 10.1 Å². The molecule has 3 N–H and O–H groups in total. The summed E-state index contributed by atoms with van der Waals surface area (Å²) in [5.41, 5.74) is -3.83. The van der Waals surface area contributed by atoms with Crippen molar-refractivity contribution in [3.05, 3.63) is 54.1 Å². The molecule has 8 atom stereocenters. The minimum Gasteiger partial charge on any atom is -0.390 e. The highest BCUT2D eigenvalue weighted by atomic mass is 32.1. The summed E-state index contributed by atoms with van der Waals surface area (Å²) in [5, 5.41) is 25.8. The fourth-order valence-electron chi connectivity index (χ4n) is 9.81. The Kier molecular flexibility index (Phi) is 5.87. The molecule has 208 valence electrons. The molecule has 4 fully saturated rings. The van der Waals surface area contributed by atoms with Gasteiger partial charge in [0.05, 0.1) is 11.5 Å². The van der Waals surface area contributed by atoms with E-state index in [1.54, 1.807) is 12.2 Å². The molecule has 5 aliphatic rings. The number of hydrogen-bond donors (Lipinski definition) is 3. The number of rotatable bonds is 3. The van der Waals surface area contributed by atoms with Crippen LogP contribution in [0.2, 0.25) is 0 Å². The van der Waals surface area contributed by atoms with E-state index in [1.165, 1.54) is 6.08 Å². The predicted octanol–water partition coefficient (Wildman–Crippen LogP) is 4.23. The number of carbonyl (C=O) groups excluding carboxylic acids is 2. The summed E-state index contributed by atoms with van der Waals surface area (Å²) < 4.78 is 17.7. The van der Waals surface area contributed by atoms with Gasteiger partial charge in [0.15, 0.2) is 22.3 Å². The number of carbonyl (C=O) groups is 2. The van der Waals surface area contributed by atoms with Crippen LogP contribution < -0.4 is 5.32 Å². The number of nitrogens with one attached hydrogen (secondary N) is 1. The molecule has 39 heavy (non-hydrogen) atoms. The van der Waals surface area contributed by atoms with Crippen LogP contribution in [0, 0.1) is 33.5 Å². The average molecular weight is 553 g/mol. The van der Waals surface area contributed by atoms with E-state index in [9.17, 15) is 19.8 Å². The van der Waals surface area contributed by atoms with Crippen molar-refractivity contribution >= 4 is 34.6 Å². The van der Waals surface area contributed by atoms with Crippen LogP contribution in [-0.4, -0.2) is 63.3 Å². The number of para-hydroxylation sites is 1. The lowest BCUT2D eigenvalue weighted by Gasteiger charge is -2.67. The molecule has 8 heteroatoms. The van der Waals surface area contributed by atoms with Gasteiger partial charge in [-0.2, -0.15) is 0 Å². The third-order valence-electron chi connectivity index (χ3n) is 11.9. The average Bonchev–Trinajstić information content (AvgIpc) is 3.37. The fraction of sp³-hybridized carbons (Fsp3) is 0.581. The van der Waals surface area contributed by atoms with Crippen molar-refractivity contribution in [1.82, 2.24) is 4.90 Å². The Morgan fingerprint density at radius 3 is 2.62 bits per heavy atom. The standard InChI is InChI=1S/C31H37FN2O4S/c1-27-12-11-22(36)13-19(27)9-10-23-28(2)14-20-16-34(26(39)33-21-7-5-4-6-8-21)18-30(20,25(38)17-35)29(28,3)15-24(37)31(23,27)32/h4-8,11-13,20,23-24,35,37H,9-10,14-18H2,1-3H3,(H,33,39). The summed E-state index contributed by atoms with van der Waals surface area (Å²) in [6.07, 6.45) is 5.05. The number of alkyl halides is 1. The van der Waals surface area contributed by atoms with Gasteiger partial charge in [-0.3, -0.25) is 9.59 Å². The molecule has 0 amide bonds. The van der Waals surface area contributed by atoms with Gasteiger partial charge in [-0.25, -0.2) is 4.39 Å². The Bertz CT molecular complexity index is 1320. The van der Waals surface area contributed by atoms with Crippen LogP contribution in [0.5, 0.6) is 0 Å². The second-order valence-electron chi connectivity index (χ2n) is 13.1. The number of benzene rings is 1. The fourth-order valence-corrected chi connectivity index (χ4v) is 10.1. The van der Waals surface area contributed by atoms with Crippen LogP contribution in [-0.2, 0) is 9.59 Å². The minimum absolute atomic E-state index is 0.0934. The molecule has 1 heterocycles. The maximum absolute atomic E-state index is 17.7. The first-order valence-corrected chi connectivity index (χ1v) is 14.3. The van der Waals surface area contributed by atoms with Gasteiger partial charge in [-0.15, -0.1) is 0 Å². The van der Waals surface area contributed by atoms with Gasteiger partial charge in [0.2, 0.25) is 0 Å². The topological polar surface area (TPSA) is 89.9 Å². The number of nitrogens with zero attached hydrogens (tertiary/aromatic N) is 1. The Morgan fingerprint density at radius 1 is 1.21 bits per heavy atom. The molecule has 1 aliphatic heterocycles. The lowest BCUT2D eigenvalue weighted by atomic mass is 9.38. The van der Waals surface area contributed by atoms with Crippen molar-refractivity contribution in [3.8, 4) is 0 Å². The van der Waals surface area contributed by atoms with E-state index >= 15 is 4.39 Å². The predicted molar refractivity (Wildman–Crippen MR) is 151 cm³/mol. The Morgan fingerprint density at radius 2 is 1.92 bits per heavy atom. The lowest BCUT2D eigenvalue weighted by molar-refractivity contribution is -0.236. The maximum Gasteiger partial charge on any atom is 0.178 e. The third-order valence-corrected chi connectivity index (χ3v) is 12.2. The zero-order valence-corrected chi connectivity index (χ0v) is 23.6. The van der Waals surface area contributed by atoms with Gasteiger partial charge < -0.3 is 20.4 Å². The zero-order chi connectivity index (χ0) is 28.0. The molecule has 4 aliphatic carbocycles. The van der Waals surface area contributed by atoms with E-state index < -0.39 is 46.0 Å². The first-order valence-electron chi connectivity index (χ1n) is 13.9. The monoisotopic (exact) mass is 552 g/mol. The van der Waals surface area contributed by atoms with Crippen LogP contribution in [0.25, 0.3) is 0 Å². The van der Waals surface area contributed by atoms with Gasteiger partial charge in [-0.1, -0.05) is 43.7 Å². The van der Waals surface area contributed by atoms with E-state index in [0.717, 1.165) is 11.3 Å². The number of hydrogen-bond acceptors (Lipinski definition) is 5. The molecular weight excluding hydrogens is 515 g/mol. The lowest BCUT2D eigenvalue weighted by Crippen LogP contribution is -2.71. The van der Waals surface area contributed by atoms with Gasteiger partial charge in [0.25, 0.3) is 0 Å². The quantitative estimate of drug-likeness (QED) is 0.484. The summed E-state index contributed by atoms with van der Waals surface area (Å²) in [6.45, 7) is 6.18. The largest absolute Gasteiger partial charge is 0.390 e. The summed E-state index contributed by atoms with van der Waals surface area (Å²) in [6, 6.07) is 9.61. The Labute approximate surface area is 234 Å². The molecule has 0 spiro atoms. The van der Waals surface area contributed by atoms with Gasteiger partial charge >= 0.3 is 0 Å². The molecule has 1 saturated heterocycles. The number of anilines is 1. The molecule has 8 unspecified atom stereocenters. The molecule has 1 aromatic rings. The second-order valence-corrected chi connectivity index (χ2v) is 13.5. The zero-order valence-electron chi connectivity index (χ0n) is 22.7. The number of thiocarbonyl (C=S) groups is 1. The summed E-state index contributed by atoms with van der Waals surface area (Å²) in [5.74, 6) is -1.07. The number of aliphatic hydroxyl groups is 2. The van der Waals surface area contributed by atoms with Crippen molar-refractivity contribution in [3.63, 3.8) is 0 Å². The molecule has 6 nitrogen and oxygen atoms in total. The SMILES string of the molecule is CC12C=CC(=O)C=C1CCC1C3(C)CC4CN(C(=S)Nc5ccccc5)CC4(C(=O)CO)C3(C)CC(O)C12F. The van der Waals surface area contributed by atoms with Crippen molar-refractivity contribution in [1.29, 1.82) is 0 Å². The normalized spacial score (nSPS) is 44.2. The van der Waals surface area contributed by atoms with Crippen LogP contribution in [0.1, 0.15) is 46.5 Å². The van der Waals surface area contributed by atoms with Crippen molar-refractivity contribution in [2.45, 2.75) is 58.2 Å². The second kappa shape index (κ2) is 8.54. The molecule has 3 saturated carbocycles. The van der Waals surface area contributed by atoms with Crippen LogP contribution in [0.3, 0.4) is 0 Å². The van der Waals surface area contributed by atoms with Crippen molar-refractivity contribution < 1.29 is 24.2 Å². The number of aliphatic hydroxyl groups excluding tert-OH is 2. The number of allylic oxidation sites excluding steroid dienone is 4. The number of ketones is 2. The van der Waals surface area contributed by atoms with E-state index in [1.807, 2.05) is 49.1 Å². The maximum atomic E-state index is 17.7. The van der Waals surface area contributed by atoms with Gasteiger partial charge in [0, 0.05) is 30.1 Å². The number of fused-ring (bicyclic) bond motifs is 7. The first-order chi connectivity index (χ1) is 18.4. The minimum atomic E-state index is -1.98. The van der Waals surface area contributed by atoms with Crippen molar-refractivity contribution in [2.75, 3.05) is 25.0 Å². The van der Waals surface area contributed by atoms with Crippen LogP contribution in [0.15, 0.2) is 54.1 Å². The molecule has 0 bridgehead atoms. The smallest absolute Gasteiger partial charge is 0.178 e. The van der Waals surface area contributed by atoms with E-state index in [-0.39, 0.29) is 23.9 Å². The number of likely N-dealkylation sites (tertiary alicyclic amines) is 1. The number of halogens is 1. The van der Waals surface area contributed by atoms with Crippen molar-refractivity contribution in [2.24, 2.45) is 33.5 Å². The highest BCUT2D eigenvalue weighted by molar-refractivity contribution is 7.80. The van der Waals surface area contributed by atoms with E-state index in [4.69, 9.17) is 12.2 Å². The highest BCUT2D eigenvalue weighted by Gasteiger charge is 2.81. The van der Waals surface area contributed by atoms with Gasteiger partial charge in [0.1, 0.15) is 6.61 Å².